The third kappa shape index (κ3) is 4.59. The summed E-state index contributed by atoms with van der Waals surface area (Å²) in [5.41, 5.74) is -0.621. The van der Waals surface area contributed by atoms with Crippen molar-refractivity contribution < 1.29 is 26.7 Å². The molecule has 0 atom stereocenters. The summed E-state index contributed by atoms with van der Waals surface area (Å²) in [6, 6.07) is 7.67. The number of hydrogen-bond acceptors (Lipinski definition) is 5. The van der Waals surface area contributed by atoms with Crippen molar-refractivity contribution >= 4 is 5.91 Å². The first kappa shape index (κ1) is 21.8. The number of carbonyl (C=O) groups is 1. The number of benzene rings is 2. The maximum atomic E-state index is 13.5. The first-order valence-electron chi connectivity index (χ1n) is 9.64. The summed E-state index contributed by atoms with van der Waals surface area (Å²) in [4.78, 5) is 16.1. The molecule has 4 rings (SSSR count). The van der Waals surface area contributed by atoms with Gasteiger partial charge in [-0.1, -0.05) is 6.07 Å². The van der Waals surface area contributed by atoms with Gasteiger partial charge in [0.05, 0.1) is 17.8 Å². The summed E-state index contributed by atoms with van der Waals surface area (Å²) in [6.45, 7) is 1.78. The molecule has 1 aromatic heterocycles. The standard InChI is InChI=1S/C20H17F5N6O/c21-16-5-4-15(11-17(16)22)31-18(26-27-28-31)12-29-6-8-30(9-7-29)19(32)13-2-1-3-14(10-13)20(23,24)25/h1-5,10-11H,6-9,12H2. The molecule has 2 aromatic carbocycles. The zero-order chi connectivity index (χ0) is 22.9. The van der Waals surface area contributed by atoms with Crippen LogP contribution >= 0.6 is 0 Å². The smallest absolute Gasteiger partial charge is 0.336 e. The fourth-order valence-corrected chi connectivity index (χ4v) is 3.44. The topological polar surface area (TPSA) is 67.2 Å². The van der Waals surface area contributed by atoms with Gasteiger partial charge in [0.15, 0.2) is 17.5 Å². The molecule has 1 aliphatic heterocycles. The molecule has 0 radical (unpaired) electrons. The maximum absolute atomic E-state index is 13.5. The van der Waals surface area contributed by atoms with Crippen LogP contribution in [0.4, 0.5) is 22.0 Å². The van der Waals surface area contributed by atoms with Crippen LogP contribution in [0.25, 0.3) is 5.69 Å². The van der Waals surface area contributed by atoms with E-state index in [1.807, 2.05) is 4.90 Å². The zero-order valence-electron chi connectivity index (χ0n) is 16.6. The molecule has 1 amide bonds. The van der Waals surface area contributed by atoms with E-state index in [9.17, 15) is 26.7 Å². The Hall–Kier alpha value is -3.41. The molecule has 0 spiro atoms. The Kier molecular flexibility index (Phi) is 5.87. The van der Waals surface area contributed by atoms with Crippen LogP contribution in [0, 0.1) is 11.6 Å². The fourth-order valence-electron chi connectivity index (χ4n) is 3.44. The molecule has 2 heterocycles. The van der Waals surface area contributed by atoms with Crippen LogP contribution in [0.3, 0.4) is 0 Å². The number of nitrogens with zero attached hydrogens (tertiary/aromatic N) is 6. The van der Waals surface area contributed by atoms with Gasteiger partial charge in [-0.25, -0.2) is 8.78 Å². The quantitative estimate of drug-likeness (QED) is 0.570. The fraction of sp³-hybridized carbons (Fsp3) is 0.300. The van der Waals surface area contributed by atoms with E-state index >= 15 is 0 Å². The second-order valence-electron chi connectivity index (χ2n) is 7.25. The lowest BCUT2D eigenvalue weighted by atomic mass is 10.1. The van der Waals surface area contributed by atoms with Crippen molar-refractivity contribution in [2.75, 3.05) is 26.2 Å². The van der Waals surface area contributed by atoms with Gasteiger partial charge in [-0.05, 0) is 40.8 Å². The normalized spacial score (nSPS) is 15.2. The van der Waals surface area contributed by atoms with Crippen molar-refractivity contribution in [3.05, 3.63) is 71.1 Å². The lowest BCUT2D eigenvalue weighted by molar-refractivity contribution is -0.137. The molecule has 7 nitrogen and oxygen atoms in total. The summed E-state index contributed by atoms with van der Waals surface area (Å²) < 4.78 is 66.8. The van der Waals surface area contributed by atoms with Gasteiger partial charge >= 0.3 is 6.18 Å². The van der Waals surface area contributed by atoms with Gasteiger partial charge in [0.25, 0.3) is 5.91 Å². The molecule has 0 saturated carbocycles. The maximum Gasteiger partial charge on any atom is 0.416 e. The van der Waals surface area contributed by atoms with Crippen molar-refractivity contribution in [2.45, 2.75) is 12.7 Å². The van der Waals surface area contributed by atoms with Crippen LogP contribution in [0.15, 0.2) is 42.5 Å². The molecule has 32 heavy (non-hydrogen) atoms. The first-order chi connectivity index (χ1) is 15.2. The average molecular weight is 452 g/mol. The number of tetrazole rings is 1. The van der Waals surface area contributed by atoms with E-state index in [0.717, 1.165) is 24.3 Å². The second kappa shape index (κ2) is 8.61. The molecule has 1 fully saturated rings. The minimum Gasteiger partial charge on any atom is -0.336 e. The molecule has 0 aliphatic carbocycles. The Balaban J connectivity index is 1.40. The molecular formula is C20H17F5N6O. The highest BCUT2D eigenvalue weighted by Crippen LogP contribution is 2.29. The highest BCUT2D eigenvalue weighted by Gasteiger charge is 2.32. The van der Waals surface area contributed by atoms with Crippen molar-refractivity contribution in [1.29, 1.82) is 0 Å². The SMILES string of the molecule is O=C(c1cccc(C(F)(F)F)c1)N1CCN(Cc2nnnn2-c2ccc(F)c(F)c2)CC1. The number of rotatable bonds is 4. The predicted octanol–water partition coefficient (Wildman–Crippen LogP) is 2.92. The van der Waals surface area contributed by atoms with E-state index in [1.54, 1.807) is 0 Å². The van der Waals surface area contributed by atoms with E-state index in [4.69, 9.17) is 0 Å². The van der Waals surface area contributed by atoms with Gasteiger partial charge < -0.3 is 4.90 Å². The second-order valence-corrected chi connectivity index (χ2v) is 7.25. The van der Waals surface area contributed by atoms with Gasteiger partial charge in [-0.3, -0.25) is 9.69 Å². The minimum atomic E-state index is -4.52. The molecule has 1 aliphatic rings. The zero-order valence-corrected chi connectivity index (χ0v) is 16.6. The highest BCUT2D eigenvalue weighted by molar-refractivity contribution is 5.94. The van der Waals surface area contributed by atoms with Crippen LogP contribution in [-0.2, 0) is 12.7 Å². The van der Waals surface area contributed by atoms with Crippen molar-refractivity contribution in [3.63, 3.8) is 0 Å². The largest absolute Gasteiger partial charge is 0.416 e. The summed E-state index contributed by atoms with van der Waals surface area (Å²) in [5.74, 6) is -2.08. The van der Waals surface area contributed by atoms with E-state index in [-0.39, 0.29) is 17.8 Å². The Morgan fingerprint density at radius 2 is 1.72 bits per heavy atom. The minimum absolute atomic E-state index is 0.0180. The average Bonchev–Trinajstić information content (AvgIpc) is 3.23. The van der Waals surface area contributed by atoms with Crippen LogP contribution in [-0.4, -0.2) is 62.1 Å². The number of amides is 1. The lowest BCUT2D eigenvalue weighted by Crippen LogP contribution is -2.48. The summed E-state index contributed by atoms with van der Waals surface area (Å²) in [6.07, 6.45) is -4.52. The van der Waals surface area contributed by atoms with Crippen molar-refractivity contribution in [2.24, 2.45) is 0 Å². The number of alkyl halides is 3. The highest BCUT2D eigenvalue weighted by atomic mass is 19.4. The Bertz CT molecular complexity index is 1120. The first-order valence-corrected chi connectivity index (χ1v) is 9.64. The Morgan fingerprint density at radius 1 is 0.969 bits per heavy atom. The summed E-state index contributed by atoms with van der Waals surface area (Å²) in [7, 11) is 0. The molecule has 3 aromatic rings. The summed E-state index contributed by atoms with van der Waals surface area (Å²) in [5, 5.41) is 11.3. The Labute approximate surface area is 179 Å². The third-order valence-corrected chi connectivity index (χ3v) is 5.14. The van der Waals surface area contributed by atoms with Gasteiger partial charge in [0.1, 0.15) is 0 Å². The Morgan fingerprint density at radius 3 is 2.41 bits per heavy atom. The molecule has 1 saturated heterocycles. The van der Waals surface area contributed by atoms with Crippen LogP contribution in [0.1, 0.15) is 21.7 Å². The van der Waals surface area contributed by atoms with Crippen LogP contribution < -0.4 is 0 Å². The lowest BCUT2D eigenvalue weighted by Gasteiger charge is -2.34. The van der Waals surface area contributed by atoms with Crippen LogP contribution in [0.5, 0.6) is 0 Å². The molecule has 0 unspecified atom stereocenters. The van der Waals surface area contributed by atoms with Crippen molar-refractivity contribution in [3.8, 4) is 5.69 Å². The third-order valence-electron chi connectivity index (χ3n) is 5.14. The van der Waals surface area contributed by atoms with E-state index in [0.29, 0.717) is 32.0 Å². The van der Waals surface area contributed by atoms with Crippen molar-refractivity contribution in [1.82, 2.24) is 30.0 Å². The van der Waals surface area contributed by atoms with Gasteiger partial charge in [-0.15, -0.1) is 5.10 Å². The number of halogens is 5. The monoisotopic (exact) mass is 452 g/mol. The molecule has 0 bridgehead atoms. The number of carbonyl (C=O) groups excluding carboxylic acids is 1. The molecule has 0 N–H and O–H groups in total. The number of piperazine rings is 1. The molecule has 168 valence electrons. The van der Waals surface area contributed by atoms with E-state index in [2.05, 4.69) is 15.5 Å². The number of aromatic nitrogens is 4. The van der Waals surface area contributed by atoms with Gasteiger partial charge in [0.2, 0.25) is 0 Å². The molecular weight excluding hydrogens is 435 g/mol. The molecule has 12 heteroatoms. The van der Waals surface area contributed by atoms with Gasteiger partial charge in [-0.2, -0.15) is 17.9 Å². The van der Waals surface area contributed by atoms with Crippen LogP contribution in [0.2, 0.25) is 0 Å². The predicted molar refractivity (Wildman–Crippen MR) is 102 cm³/mol. The van der Waals surface area contributed by atoms with E-state index < -0.39 is 29.3 Å². The summed E-state index contributed by atoms with van der Waals surface area (Å²) >= 11 is 0. The number of hydrogen-bond donors (Lipinski definition) is 0. The van der Waals surface area contributed by atoms with E-state index in [1.165, 1.54) is 27.8 Å². The van der Waals surface area contributed by atoms with Gasteiger partial charge in [0, 0.05) is 37.8 Å².